The Morgan fingerprint density at radius 2 is 2.14 bits per heavy atom. The van der Waals surface area contributed by atoms with Crippen LogP contribution in [0.1, 0.15) is 46.2 Å². The van der Waals surface area contributed by atoms with Crippen molar-refractivity contribution in [3.8, 4) is 0 Å². The Balaban J connectivity index is 1.86. The molecule has 0 unspecified atom stereocenters. The average Bonchev–Trinajstić information content (AvgIpc) is 2.82. The molecule has 1 fully saturated rings. The number of hydrogen-bond acceptors (Lipinski definition) is 3. The van der Waals surface area contributed by atoms with Gasteiger partial charge in [-0.2, -0.15) is 0 Å². The quantitative estimate of drug-likeness (QED) is 0.928. The summed E-state index contributed by atoms with van der Waals surface area (Å²) in [5.74, 6) is 0. The predicted octanol–water partition coefficient (Wildman–Crippen LogP) is 3.54. The number of amides is 2. The van der Waals surface area contributed by atoms with Crippen molar-refractivity contribution in [1.29, 1.82) is 0 Å². The standard InChI is InChI=1S/C16H27N3OS/c1-15(2)6-8-19(11-16(3,4)10-15)14(20)17-7-5-13-9-21-12-18-13/h9,12H,5-8,10-11H2,1-4H3,(H,17,20). The van der Waals surface area contributed by atoms with Crippen LogP contribution in [0, 0.1) is 10.8 Å². The summed E-state index contributed by atoms with van der Waals surface area (Å²) in [6.07, 6.45) is 3.02. The lowest BCUT2D eigenvalue weighted by molar-refractivity contribution is 0.170. The zero-order valence-corrected chi connectivity index (χ0v) is 14.4. The van der Waals surface area contributed by atoms with Crippen molar-refractivity contribution >= 4 is 17.4 Å². The number of rotatable bonds is 3. The molecule has 2 amide bonds. The number of urea groups is 1. The number of likely N-dealkylation sites (tertiary alicyclic amines) is 1. The van der Waals surface area contributed by atoms with Crippen molar-refractivity contribution in [2.24, 2.45) is 10.8 Å². The predicted molar refractivity (Wildman–Crippen MR) is 87.6 cm³/mol. The zero-order valence-electron chi connectivity index (χ0n) is 13.6. The highest BCUT2D eigenvalue weighted by Gasteiger charge is 2.35. The summed E-state index contributed by atoms with van der Waals surface area (Å²) >= 11 is 1.59. The Labute approximate surface area is 132 Å². The summed E-state index contributed by atoms with van der Waals surface area (Å²) in [6, 6.07) is 0.0657. The third kappa shape index (κ3) is 4.99. The Hall–Kier alpha value is -1.10. The summed E-state index contributed by atoms with van der Waals surface area (Å²) < 4.78 is 0. The maximum Gasteiger partial charge on any atom is 0.317 e. The number of thiazole rings is 1. The van der Waals surface area contributed by atoms with Crippen LogP contribution in [0.25, 0.3) is 0 Å². The van der Waals surface area contributed by atoms with E-state index < -0.39 is 0 Å². The third-order valence-electron chi connectivity index (χ3n) is 4.06. The van der Waals surface area contributed by atoms with Crippen molar-refractivity contribution in [3.05, 3.63) is 16.6 Å². The van der Waals surface area contributed by atoms with E-state index in [1.807, 2.05) is 15.8 Å². The van der Waals surface area contributed by atoms with Crippen molar-refractivity contribution < 1.29 is 4.79 Å². The number of carbonyl (C=O) groups excluding carboxylic acids is 1. The first kappa shape index (κ1) is 16.3. The molecule has 0 aliphatic carbocycles. The van der Waals surface area contributed by atoms with Crippen LogP contribution >= 0.6 is 11.3 Å². The fourth-order valence-electron chi connectivity index (χ4n) is 3.42. The first-order valence-electron chi connectivity index (χ1n) is 7.67. The van der Waals surface area contributed by atoms with Gasteiger partial charge in [-0.05, 0) is 23.7 Å². The van der Waals surface area contributed by atoms with Gasteiger partial charge in [0.1, 0.15) is 0 Å². The second-order valence-electron chi connectivity index (χ2n) is 7.64. The number of nitrogens with zero attached hydrogens (tertiary/aromatic N) is 2. The maximum absolute atomic E-state index is 12.4. The van der Waals surface area contributed by atoms with Crippen molar-refractivity contribution in [1.82, 2.24) is 15.2 Å². The van der Waals surface area contributed by atoms with Crippen LogP contribution in [-0.4, -0.2) is 35.5 Å². The van der Waals surface area contributed by atoms with Crippen LogP contribution in [0.3, 0.4) is 0 Å². The van der Waals surface area contributed by atoms with Crippen LogP contribution in [0.4, 0.5) is 4.79 Å². The first-order chi connectivity index (χ1) is 9.77. The molecule has 1 saturated heterocycles. The molecule has 4 nitrogen and oxygen atoms in total. The summed E-state index contributed by atoms with van der Waals surface area (Å²) in [4.78, 5) is 18.6. The van der Waals surface area contributed by atoms with Gasteiger partial charge in [0, 0.05) is 31.4 Å². The minimum Gasteiger partial charge on any atom is -0.338 e. The fourth-order valence-corrected chi connectivity index (χ4v) is 4.01. The van der Waals surface area contributed by atoms with Gasteiger partial charge in [-0.1, -0.05) is 27.7 Å². The minimum atomic E-state index is 0.0657. The normalized spacial score (nSPS) is 20.9. The molecule has 0 spiro atoms. The molecule has 118 valence electrons. The Bertz CT molecular complexity index is 468. The molecular formula is C16H27N3OS. The highest BCUT2D eigenvalue weighted by molar-refractivity contribution is 7.07. The second kappa shape index (κ2) is 6.34. The van der Waals surface area contributed by atoms with Gasteiger partial charge in [-0.25, -0.2) is 9.78 Å². The van der Waals surface area contributed by atoms with Crippen molar-refractivity contribution in [2.45, 2.75) is 47.0 Å². The van der Waals surface area contributed by atoms with Gasteiger partial charge in [0.2, 0.25) is 0 Å². The second-order valence-corrected chi connectivity index (χ2v) is 8.36. The van der Waals surface area contributed by atoms with E-state index in [0.717, 1.165) is 38.0 Å². The van der Waals surface area contributed by atoms with Gasteiger partial charge in [-0.15, -0.1) is 11.3 Å². The van der Waals surface area contributed by atoms with Crippen molar-refractivity contribution in [2.75, 3.05) is 19.6 Å². The highest BCUT2D eigenvalue weighted by atomic mass is 32.1. The number of nitrogens with one attached hydrogen (secondary N) is 1. The fraction of sp³-hybridized carbons (Fsp3) is 0.750. The van der Waals surface area contributed by atoms with E-state index in [1.54, 1.807) is 11.3 Å². The molecule has 1 aliphatic rings. The summed E-state index contributed by atoms with van der Waals surface area (Å²) in [5.41, 5.74) is 3.36. The number of hydrogen-bond donors (Lipinski definition) is 1. The molecule has 1 N–H and O–H groups in total. The molecule has 0 atom stereocenters. The molecule has 21 heavy (non-hydrogen) atoms. The molecule has 2 heterocycles. The topological polar surface area (TPSA) is 45.2 Å². The van der Waals surface area contributed by atoms with Crippen LogP contribution < -0.4 is 5.32 Å². The SMILES string of the molecule is CC1(C)CCN(C(=O)NCCc2cscn2)CC(C)(C)C1. The van der Waals surface area contributed by atoms with Crippen LogP contribution in [-0.2, 0) is 6.42 Å². The number of aromatic nitrogens is 1. The largest absolute Gasteiger partial charge is 0.338 e. The average molecular weight is 309 g/mol. The summed E-state index contributed by atoms with van der Waals surface area (Å²) in [5, 5.41) is 5.07. The molecule has 2 rings (SSSR count). The van der Waals surface area contributed by atoms with Crippen LogP contribution in [0.5, 0.6) is 0 Å². The van der Waals surface area contributed by atoms with E-state index in [0.29, 0.717) is 12.0 Å². The molecular weight excluding hydrogens is 282 g/mol. The minimum absolute atomic E-state index is 0.0657. The summed E-state index contributed by atoms with van der Waals surface area (Å²) in [6.45, 7) is 11.5. The van der Waals surface area contributed by atoms with Crippen molar-refractivity contribution in [3.63, 3.8) is 0 Å². The lowest BCUT2D eigenvalue weighted by Gasteiger charge is -2.32. The Kier molecular flexibility index (Phi) is 4.91. The van der Waals surface area contributed by atoms with Gasteiger partial charge >= 0.3 is 6.03 Å². The molecule has 5 heteroatoms. The highest BCUT2D eigenvalue weighted by Crippen LogP contribution is 2.39. The van der Waals surface area contributed by atoms with E-state index in [4.69, 9.17) is 0 Å². The van der Waals surface area contributed by atoms with E-state index in [2.05, 4.69) is 38.0 Å². The number of carbonyl (C=O) groups is 1. The van der Waals surface area contributed by atoms with E-state index >= 15 is 0 Å². The van der Waals surface area contributed by atoms with Gasteiger partial charge in [0.15, 0.2) is 0 Å². The molecule has 1 aliphatic heterocycles. The van der Waals surface area contributed by atoms with Gasteiger partial charge in [0.25, 0.3) is 0 Å². The first-order valence-corrected chi connectivity index (χ1v) is 8.62. The Morgan fingerprint density at radius 1 is 1.38 bits per heavy atom. The van der Waals surface area contributed by atoms with Crippen LogP contribution in [0.2, 0.25) is 0 Å². The molecule has 0 bridgehead atoms. The molecule has 1 aromatic heterocycles. The van der Waals surface area contributed by atoms with Gasteiger partial charge < -0.3 is 10.2 Å². The molecule has 0 saturated carbocycles. The smallest absolute Gasteiger partial charge is 0.317 e. The third-order valence-corrected chi connectivity index (χ3v) is 4.70. The lowest BCUT2D eigenvalue weighted by Crippen LogP contribution is -2.44. The van der Waals surface area contributed by atoms with E-state index in [1.165, 1.54) is 0 Å². The lowest BCUT2D eigenvalue weighted by atomic mass is 9.75. The zero-order chi connectivity index (χ0) is 15.5. The molecule has 1 aromatic rings. The Morgan fingerprint density at radius 3 is 2.81 bits per heavy atom. The van der Waals surface area contributed by atoms with Crippen LogP contribution in [0.15, 0.2) is 10.9 Å². The van der Waals surface area contributed by atoms with E-state index in [-0.39, 0.29) is 11.4 Å². The monoisotopic (exact) mass is 309 g/mol. The van der Waals surface area contributed by atoms with Gasteiger partial charge in [-0.3, -0.25) is 0 Å². The van der Waals surface area contributed by atoms with Gasteiger partial charge in [0.05, 0.1) is 11.2 Å². The van der Waals surface area contributed by atoms with E-state index in [9.17, 15) is 4.79 Å². The molecule has 0 radical (unpaired) electrons. The maximum atomic E-state index is 12.4. The molecule has 0 aromatic carbocycles. The summed E-state index contributed by atoms with van der Waals surface area (Å²) in [7, 11) is 0.